The molecule has 0 spiro atoms. The Morgan fingerprint density at radius 2 is 1.91 bits per heavy atom. The number of amides is 2. The van der Waals surface area contributed by atoms with E-state index in [9.17, 15) is 9.59 Å². The van der Waals surface area contributed by atoms with Gasteiger partial charge in [-0.05, 0) is 52.5 Å². The Balaban J connectivity index is 1.43. The Kier molecular flexibility index (Phi) is 4.71. The van der Waals surface area contributed by atoms with Crippen LogP contribution in [0.15, 0.2) is 0 Å². The van der Waals surface area contributed by atoms with Crippen LogP contribution in [0.1, 0.15) is 45.4 Å². The van der Waals surface area contributed by atoms with Gasteiger partial charge in [0.25, 0.3) is 0 Å². The van der Waals surface area contributed by atoms with Gasteiger partial charge in [-0.3, -0.25) is 14.5 Å². The summed E-state index contributed by atoms with van der Waals surface area (Å²) in [5.41, 5.74) is 0. The molecule has 2 atom stereocenters. The fraction of sp³-hybridized carbons (Fsp3) is 0.882. The highest BCUT2D eigenvalue weighted by Gasteiger charge is 2.37. The van der Waals surface area contributed by atoms with Crippen molar-refractivity contribution in [2.75, 3.05) is 26.7 Å². The molecule has 3 aliphatic rings. The first kappa shape index (κ1) is 15.8. The predicted molar refractivity (Wildman–Crippen MR) is 85.3 cm³/mol. The van der Waals surface area contributed by atoms with Crippen molar-refractivity contribution >= 4 is 11.8 Å². The quantitative estimate of drug-likeness (QED) is 0.803. The van der Waals surface area contributed by atoms with E-state index in [-0.39, 0.29) is 23.7 Å². The Bertz CT molecular complexity index is 432. The lowest BCUT2D eigenvalue weighted by Gasteiger charge is -2.33. The first-order valence-electron chi connectivity index (χ1n) is 8.84. The van der Waals surface area contributed by atoms with Gasteiger partial charge >= 0.3 is 0 Å². The highest BCUT2D eigenvalue weighted by Crippen LogP contribution is 2.32. The van der Waals surface area contributed by atoms with Crippen LogP contribution in [-0.4, -0.2) is 60.4 Å². The molecule has 2 amide bonds. The number of hydrogen-bond donors (Lipinski definition) is 1. The van der Waals surface area contributed by atoms with Crippen LogP contribution in [0.5, 0.6) is 0 Å². The van der Waals surface area contributed by atoms with E-state index in [1.807, 2.05) is 4.90 Å². The summed E-state index contributed by atoms with van der Waals surface area (Å²) in [5, 5.41) is 3.10. The van der Waals surface area contributed by atoms with Gasteiger partial charge in [-0.2, -0.15) is 0 Å². The van der Waals surface area contributed by atoms with Crippen molar-refractivity contribution in [2.45, 2.75) is 57.5 Å². The molecule has 3 rings (SSSR count). The first-order chi connectivity index (χ1) is 10.6. The number of hydrogen-bond acceptors (Lipinski definition) is 3. The molecule has 0 aromatic heterocycles. The standard InChI is InChI=1S/C17H29N3O2/c1-12(19(2)15-7-8-15)10-18-16(21)14-4-3-9-20(11-14)17(22)13-5-6-13/h12-15H,3-11H2,1-2H3,(H,18,21). The van der Waals surface area contributed by atoms with Gasteiger partial charge < -0.3 is 10.2 Å². The molecule has 1 N–H and O–H groups in total. The minimum atomic E-state index is -0.0186. The molecule has 1 aliphatic heterocycles. The van der Waals surface area contributed by atoms with Gasteiger partial charge in [0.2, 0.25) is 11.8 Å². The van der Waals surface area contributed by atoms with E-state index in [4.69, 9.17) is 0 Å². The monoisotopic (exact) mass is 307 g/mol. The summed E-state index contributed by atoms with van der Waals surface area (Å²) in [7, 11) is 2.14. The van der Waals surface area contributed by atoms with Gasteiger partial charge in [0.15, 0.2) is 0 Å². The molecule has 1 saturated heterocycles. The summed E-state index contributed by atoms with van der Waals surface area (Å²) < 4.78 is 0. The fourth-order valence-corrected chi connectivity index (χ4v) is 3.36. The van der Waals surface area contributed by atoms with Gasteiger partial charge in [0.1, 0.15) is 0 Å². The molecule has 0 aromatic carbocycles. The maximum atomic E-state index is 12.4. The van der Waals surface area contributed by atoms with Crippen molar-refractivity contribution in [1.29, 1.82) is 0 Å². The predicted octanol–water partition coefficient (Wildman–Crippen LogP) is 1.23. The van der Waals surface area contributed by atoms with Crippen molar-refractivity contribution < 1.29 is 9.59 Å². The normalized spacial score (nSPS) is 26.9. The summed E-state index contributed by atoms with van der Waals surface area (Å²) in [6.45, 7) is 4.33. The summed E-state index contributed by atoms with van der Waals surface area (Å²) >= 11 is 0. The third-order valence-corrected chi connectivity index (χ3v) is 5.42. The average molecular weight is 307 g/mol. The number of likely N-dealkylation sites (tertiary alicyclic amines) is 1. The highest BCUT2D eigenvalue weighted by molar-refractivity contribution is 5.83. The molecule has 5 heteroatoms. The van der Waals surface area contributed by atoms with Crippen LogP contribution in [0.2, 0.25) is 0 Å². The minimum absolute atomic E-state index is 0.0186. The molecule has 3 fully saturated rings. The van der Waals surface area contributed by atoms with Crippen molar-refractivity contribution in [3.63, 3.8) is 0 Å². The van der Waals surface area contributed by atoms with Crippen LogP contribution >= 0.6 is 0 Å². The van der Waals surface area contributed by atoms with Crippen molar-refractivity contribution in [1.82, 2.24) is 15.1 Å². The van der Waals surface area contributed by atoms with Crippen LogP contribution in [0.25, 0.3) is 0 Å². The average Bonchev–Trinajstić information content (AvgIpc) is 3.42. The first-order valence-corrected chi connectivity index (χ1v) is 8.84. The lowest BCUT2D eigenvalue weighted by atomic mass is 9.96. The maximum Gasteiger partial charge on any atom is 0.225 e. The number of carbonyl (C=O) groups excluding carboxylic acids is 2. The molecule has 2 saturated carbocycles. The van der Waals surface area contributed by atoms with E-state index in [0.717, 1.165) is 32.2 Å². The molecule has 5 nitrogen and oxygen atoms in total. The Hall–Kier alpha value is -1.10. The number of rotatable bonds is 6. The van der Waals surface area contributed by atoms with Gasteiger partial charge in [0.05, 0.1) is 5.92 Å². The smallest absolute Gasteiger partial charge is 0.225 e. The third-order valence-electron chi connectivity index (χ3n) is 5.42. The zero-order valence-electron chi connectivity index (χ0n) is 13.9. The van der Waals surface area contributed by atoms with Gasteiger partial charge in [-0.15, -0.1) is 0 Å². The number of likely N-dealkylation sites (N-methyl/N-ethyl adjacent to an activating group) is 1. The summed E-state index contributed by atoms with van der Waals surface area (Å²) in [6.07, 6.45) is 6.51. The van der Waals surface area contributed by atoms with Crippen LogP contribution in [-0.2, 0) is 9.59 Å². The van der Waals surface area contributed by atoms with Gasteiger partial charge in [-0.1, -0.05) is 0 Å². The molecule has 0 radical (unpaired) electrons. The summed E-state index contributed by atoms with van der Waals surface area (Å²) in [6, 6.07) is 1.09. The molecular weight excluding hydrogens is 278 g/mol. The molecular formula is C17H29N3O2. The second-order valence-corrected chi connectivity index (χ2v) is 7.39. The second kappa shape index (κ2) is 6.57. The van der Waals surface area contributed by atoms with Crippen molar-refractivity contribution in [3.8, 4) is 0 Å². The van der Waals surface area contributed by atoms with Crippen LogP contribution in [0, 0.1) is 11.8 Å². The zero-order chi connectivity index (χ0) is 15.7. The van der Waals surface area contributed by atoms with E-state index >= 15 is 0 Å². The Morgan fingerprint density at radius 3 is 2.55 bits per heavy atom. The van der Waals surface area contributed by atoms with Crippen LogP contribution < -0.4 is 5.32 Å². The lowest BCUT2D eigenvalue weighted by molar-refractivity contribution is -0.136. The Labute approximate surface area is 133 Å². The number of nitrogens with zero attached hydrogens (tertiary/aromatic N) is 2. The van der Waals surface area contributed by atoms with E-state index < -0.39 is 0 Å². The van der Waals surface area contributed by atoms with Gasteiger partial charge in [0, 0.05) is 37.6 Å². The SMILES string of the molecule is CC(CNC(=O)C1CCCN(C(=O)C2CC2)C1)N(C)C1CC1. The largest absolute Gasteiger partial charge is 0.354 e. The molecule has 1 heterocycles. The highest BCUT2D eigenvalue weighted by atomic mass is 16.2. The maximum absolute atomic E-state index is 12.4. The number of carbonyl (C=O) groups is 2. The van der Waals surface area contributed by atoms with E-state index in [1.165, 1.54) is 12.8 Å². The summed E-state index contributed by atoms with van der Waals surface area (Å²) in [4.78, 5) is 28.8. The topological polar surface area (TPSA) is 52.7 Å². The Morgan fingerprint density at radius 1 is 1.18 bits per heavy atom. The number of nitrogens with one attached hydrogen (secondary N) is 1. The van der Waals surface area contributed by atoms with Crippen molar-refractivity contribution in [2.24, 2.45) is 11.8 Å². The minimum Gasteiger partial charge on any atom is -0.354 e. The molecule has 2 aliphatic carbocycles. The van der Waals surface area contributed by atoms with Crippen LogP contribution in [0.4, 0.5) is 0 Å². The lowest BCUT2D eigenvalue weighted by Crippen LogP contribution is -2.48. The molecule has 0 aromatic rings. The van der Waals surface area contributed by atoms with E-state index in [1.54, 1.807) is 0 Å². The van der Waals surface area contributed by atoms with E-state index in [2.05, 4.69) is 24.2 Å². The van der Waals surface area contributed by atoms with Gasteiger partial charge in [-0.25, -0.2) is 0 Å². The van der Waals surface area contributed by atoms with Crippen LogP contribution in [0.3, 0.4) is 0 Å². The zero-order valence-corrected chi connectivity index (χ0v) is 13.9. The third kappa shape index (κ3) is 3.80. The number of piperidine rings is 1. The van der Waals surface area contributed by atoms with E-state index in [0.29, 0.717) is 25.2 Å². The summed E-state index contributed by atoms with van der Waals surface area (Å²) in [5.74, 6) is 0.646. The molecule has 2 unspecified atom stereocenters. The second-order valence-electron chi connectivity index (χ2n) is 7.39. The van der Waals surface area contributed by atoms with Crippen molar-refractivity contribution in [3.05, 3.63) is 0 Å². The fourth-order valence-electron chi connectivity index (χ4n) is 3.36. The molecule has 124 valence electrons. The molecule has 0 bridgehead atoms. The molecule has 22 heavy (non-hydrogen) atoms.